The smallest absolute Gasteiger partial charge is 0.178 e. The molecule has 2 N–H and O–H groups in total. The fraction of sp³-hybridized carbons (Fsp3) is 0.250. The molecule has 0 unspecified atom stereocenters. The fourth-order valence-corrected chi connectivity index (χ4v) is 2.22. The zero-order chi connectivity index (χ0) is 13.3. The Morgan fingerprint density at radius 3 is 2.72 bits per heavy atom. The van der Waals surface area contributed by atoms with Crippen LogP contribution in [0.15, 0.2) is 35.5 Å². The molecule has 18 heavy (non-hydrogen) atoms. The molecule has 2 rings (SSSR count). The minimum Gasteiger partial charge on any atom is -0.399 e. The summed E-state index contributed by atoms with van der Waals surface area (Å²) in [7, 11) is -3.20. The third-order valence-corrected chi connectivity index (χ3v) is 3.93. The Morgan fingerprint density at radius 1 is 1.39 bits per heavy atom. The lowest BCUT2D eigenvalue weighted by Gasteiger charge is -2.08. The van der Waals surface area contributed by atoms with E-state index in [0.29, 0.717) is 6.54 Å². The van der Waals surface area contributed by atoms with Crippen molar-refractivity contribution >= 4 is 15.5 Å². The summed E-state index contributed by atoms with van der Waals surface area (Å²) in [6.07, 6.45) is 4.05. The maximum Gasteiger partial charge on any atom is 0.178 e. The van der Waals surface area contributed by atoms with E-state index in [1.165, 1.54) is 18.6 Å². The first kappa shape index (κ1) is 12.6. The second kappa shape index (κ2) is 4.45. The van der Waals surface area contributed by atoms with Gasteiger partial charge < -0.3 is 5.73 Å². The molecule has 0 fully saturated rings. The lowest BCUT2D eigenvalue weighted by molar-refractivity contribution is 0.601. The monoisotopic (exact) mass is 265 g/mol. The molecule has 0 aliphatic heterocycles. The van der Waals surface area contributed by atoms with Gasteiger partial charge in [-0.25, -0.2) is 8.42 Å². The molecule has 1 aromatic heterocycles. The maximum atomic E-state index is 11.3. The Bertz CT molecular complexity index is 674. The summed E-state index contributed by atoms with van der Waals surface area (Å²) in [5, 5.41) is 4.05. The molecule has 1 heterocycles. The van der Waals surface area contributed by atoms with Crippen molar-refractivity contribution in [1.29, 1.82) is 0 Å². The zero-order valence-electron chi connectivity index (χ0n) is 10.3. The van der Waals surface area contributed by atoms with Crippen LogP contribution in [0.25, 0.3) is 0 Å². The molecule has 0 bridgehead atoms. The number of nitrogen functional groups attached to an aromatic ring is 1. The maximum absolute atomic E-state index is 11.3. The van der Waals surface area contributed by atoms with Crippen LogP contribution in [0.5, 0.6) is 0 Å². The van der Waals surface area contributed by atoms with E-state index >= 15 is 0 Å². The molecule has 5 nitrogen and oxygen atoms in total. The van der Waals surface area contributed by atoms with Crippen molar-refractivity contribution in [3.05, 3.63) is 41.7 Å². The van der Waals surface area contributed by atoms with Crippen LogP contribution in [0.4, 0.5) is 5.69 Å². The van der Waals surface area contributed by atoms with Crippen LogP contribution in [0.2, 0.25) is 0 Å². The average molecular weight is 265 g/mol. The summed E-state index contributed by atoms with van der Waals surface area (Å²) in [6, 6.07) is 5.66. The molecule has 0 amide bonds. The van der Waals surface area contributed by atoms with Gasteiger partial charge in [-0.15, -0.1) is 0 Å². The summed E-state index contributed by atoms with van der Waals surface area (Å²) >= 11 is 0. The Labute approximate surface area is 106 Å². The van der Waals surface area contributed by atoms with Crippen LogP contribution in [0, 0.1) is 6.92 Å². The molecule has 1 aromatic carbocycles. The van der Waals surface area contributed by atoms with E-state index < -0.39 is 9.84 Å². The highest BCUT2D eigenvalue weighted by Crippen LogP contribution is 2.17. The molecular weight excluding hydrogens is 250 g/mol. The van der Waals surface area contributed by atoms with Crippen molar-refractivity contribution in [2.75, 3.05) is 12.0 Å². The van der Waals surface area contributed by atoms with Gasteiger partial charge in [0.1, 0.15) is 4.90 Å². The first-order valence-electron chi connectivity index (χ1n) is 5.44. The largest absolute Gasteiger partial charge is 0.399 e. The molecular formula is C12H15N3O2S. The number of hydrogen-bond donors (Lipinski definition) is 1. The van der Waals surface area contributed by atoms with Crippen molar-refractivity contribution in [2.45, 2.75) is 18.4 Å². The Morgan fingerprint density at radius 2 is 2.11 bits per heavy atom. The highest BCUT2D eigenvalue weighted by molar-refractivity contribution is 7.90. The molecule has 0 saturated carbocycles. The normalized spacial score (nSPS) is 11.7. The molecule has 96 valence electrons. The van der Waals surface area contributed by atoms with Crippen molar-refractivity contribution in [2.24, 2.45) is 0 Å². The highest BCUT2D eigenvalue weighted by Gasteiger charge is 2.10. The topological polar surface area (TPSA) is 78.0 Å². The zero-order valence-corrected chi connectivity index (χ0v) is 11.1. The average Bonchev–Trinajstić information content (AvgIpc) is 2.73. The fourth-order valence-electron chi connectivity index (χ4n) is 1.67. The number of nitrogens with two attached hydrogens (primary N) is 1. The Hall–Kier alpha value is -1.82. The van der Waals surface area contributed by atoms with Crippen LogP contribution in [0.3, 0.4) is 0 Å². The summed E-state index contributed by atoms with van der Waals surface area (Å²) in [4.78, 5) is 0.226. The number of anilines is 1. The number of hydrogen-bond acceptors (Lipinski definition) is 4. The number of rotatable bonds is 3. The minimum atomic E-state index is -3.20. The van der Waals surface area contributed by atoms with Gasteiger partial charge in [-0.2, -0.15) is 5.10 Å². The van der Waals surface area contributed by atoms with E-state index in [2.05, 4.69) is 5.10 Å². The number of benzene rings is 1. The molecule has 0 radical (unpaired) electrons. The third kappa shape index (κ3) is 2.53. The van der Waals surface area contributed by atoms with Gasteiger partial charge in [-0.3, -0.25) is 4.68 Å². The summed E-state index contributed by atoms with van der Waals surface area (Å²) in [6.45, 7) is 2.44. The Balaban J connectivity index is 2.30. The van der Waals surface area contributed by atoms with Gasteiger partial charge in [-0.05, 0) is 24.1 Å². The van der Waals surface area contributed by atoms with Gasteiger partial charge in [-0.1, -0.05) is 12.1 Å². The summed E-state index contributed by atoms with van der Waals surface area (Å²) in [5.41, 5.74) is 8.57. The second-order valence-electron chi connectivity index (χ2n) is 4.28. The van der Waals surface area contributed by atoms with Crippen molar-refractivity contribution < 1.29 is 8.42 Å². The molecule has 0 aliphatic carbocycles. The quantitative estimate of drug-likeness (QED) is 0.847. The predicted octanol–water partition coefficient (Wildman–Crippen LogP) is 1.23. The molecule has 0 atom stereocenters. The van der Waals surface area contributed by atoms with Gasteiger partial charge in [0.15, 0.2) is 9.84 Å². The molecule has 0 spiro atoms. The van der Waals surface area contributed by atoms with E-state index in [4.69, 9.17) is 5.73 Å². The van der Waals surface area contributed by atoms with Gasteiger partial charge in [0.2, 0.25) is 0 Å². The van der Waals surface area contributed by atoms with E-state index in [9.17, 15) is 8.42 Å². The first-order chi connectivity index (χ1) is 8.38. The van der Waals surface area contributed by atoms with E-state index in [1.54, 1.807) is 4.68 Å². The molecule has 6 heteroatoms. The van der Waals surface area contributed by atoms with Crippen LogP contribution >= 0.6 is 0 Å². The summed E-state index contributed by atoms with van der Waals surface area (Å²) < 4.78 is 24.3. The van der Waals surface area contributed by atoms with Crippen LogP contribution in [0.1, 0.15) is 11.1 Å². The van der Waals surface area contributed by atoms with E-state index in [0.717, 1.165) is 16.8 Å². The van der Waals surface area contributed by atoms with Gasteiger partial charge in [0.05, 0.1) is 12.7 Å². The van der Waals surface area contributed by atoms with Gasteiger partial charge in [0, 0.05) is 18.1 Å². The van der Waals surface area contributed by atoms with Crippen molar-refractivity contribution in [3.8, 4) is 0 Å². The van der Waals surface area contributed by atoms with Crippen LogP contribution in [-0.4, -0.2) is 24.5 Å². The number of aromatic nitrogens is 2. The summed E-state index contributed by atoms with van der Waals surface area (Å²) in [5.74, 6) is 0. The molecule has 2 aromatic rings. The molecule has 0 aliphatic rings. The standard InChI is InChI=1S/C12H15N3O2S/c1-9-10(4-3-5-12(9)13)7-15-8-11(6-14-15)18(2,16)17/h3-6,8H,7,13H2,1-2H3. The van der Waals surface area contributed by atoms with Crippen molar-refractivity contribution in [3.63, 3.8) is 0 Å². The number of sulfone groups is 1. The van der Waals surface area contributed by atoms with Gasteiger partial charge >= 0.3 is 0 Å². The highest BCUT2D eigenvalue weighted by atomic mass is 32.2. The number of nitrogens with zero attached hydrogens (tertiary/aromatic N) is 2. The second-order valence-corrected chi connectivity index (χ2v) is 6.29. The van der Waals surface area contributed by atoms with Gasteiger partial charge in [0.25, 0.3) is 0 Å². The SMILES string of the molecule is Cc1c(N)cccc1Cn1cc(S(C)(=O)=O)cn1. The van der Waals surface area contributed by atoms with Crippen LogP contribution in [-0.2, 0) is 16.4 Å². The molecule has 0 saturated heterocycles. The predicted molar refractivity (Wildman–Crippen MR) is 70.0 cm³/mol. The van der Waals surface area contributed by atoms with Crippen molar-refractivity contribution in [1.82, 2.24) is 9.78 Å². The lowest BCUT2D eigenvalue weighted by Crippen LogP contribution is -2.03. The first-order valence-corrected chi connectivity index (χ1v) is 7.33. The Kier molecular flexibility index (Phi) is 3.13. The van der Waals surface area contributed by atoms with Crippen LogP contribution < -0.4 is 5.73 Å². The third-order valence-electron chi connectivity index (χ3n) is 2.86. The lowest BCUT2D eigenvalue weighted by atomic mass is 10.1. The minimum absolute atomic E-state index is 0.226. The van der Waals surface area contributed by atoms with E-state index in [1.807, 2.05) is 25.1 Å². The van der Waals surface area contributed by atoms with E-state index in [-0.39, 0.29) is 4.90 Å².